The zero-order valence-electron chi connectivity index (χ0n) is 15.4. The molecule has 26 heavy (non-hydrogen) atoms. The molecule has 0 unspecified atom stereocenters. The van der Waals surface area contributed by atoms with Crippen LogP contribution in [-0.4, -0.2) is 29.4 Å². The molecule has 1 aromatic rings. The predicted molar refractivity (Wildman–Crippen MR) is 100.0 cm³/mol. The van der Waals surface area contributed by atoms with Crippen molar-refractivity contribution in [2.24, 2.45) is 17.8 Å². The van der Waals surface area contributed by atoms with Crippen molar-refractivity contribution in [3.05, 3.63) is 41.5 Å². The van der Waals surface area contributed by atoms with Crippen LogP contribution in [-0.2, 0) is 9.59 Å². The number of anilines is 1. The van der Waals surface area contributed by atoms with Gasteiger partial charge >= 0.3 is 5.97 Å². The topological polar surface area (TPSA) is 95.5 Å². The fourth-order valence-corrected chi connectivity index (χ4v) is 2.95. The highest BCUT2D eigenvalue weighted by Gasteiger charge is 2.34. The summed E-state index contributed by atoms with van der Waals surface area (Å²) in [6.45, 7) is 6.45. The molecule has 3 N–H and O–H groups in total. The van der Waals surface area contributed by atoms with Gasteiger partial charge in [-0.15, -0.1) is 0 Å². The highest BCUT2D eigenvalue weighted by Crippen LogP contribution is 2.28. The van der Waals surface area contributed by atoms with Crippen LogP contribution >= 0.6 is 0 Å². The van der Waals surface area contributed by atoms with Crippen molar-refractivity contribution < 1.29 is 19.5 Å². The number of allylic oxidation sites excluding steroid dienone is 2. The Hall–Kier alpha value is -2.63. The lowest BCUT2D eigenvalue weighted by molar-refractivity contribution is -0.146. The summed E-state index contributed by atoms with van der Waals surface area (Å²) in [5.41, 5.74) is 1.88. The van der Waals surface area contributed by atoms with Gasteiger partial charge in [0.25, 0.3) is 5.91 Å². The van der Waals surface area contributed by atoms with E-state index in [1.807, 2.05) is 26.8 Å². The smallest absolute Gasteiger partial charge is 0.307 e. The number of aryl methyl sites for hydroxylation is 1. The first-order valence-corrected chi connectivity index (χ1v) is 8.87. The van der Waals surface area contributed by atoms with Crippen molar-refractivity contribution >= 4 is 23.5 Å². The van der Waals surface area contributed by atoms with Gasteiger partial charge in [-0.1, -0.05) is 26.0 Å². The number of rotatable bonds is 6. The molecule has 2 atom stereocenters. The van der Waals surface area contributed by atoms with E-state index in [0.29, 0.717) is 36.6 Å². The van der Waals surface area contributed by atoms with Gasteiger partial charge < -0.3 is 15.7 Å². The maximum absolute atomic E-state index is 12.5. The molecule has 6 nitrogen and oxygen atoms in total. The molecule has 0 saturated carbocycles. The molecule has 0 fully saturated rings. The Morgan fingerprint density at radius 3 is 2.38 bits per heavy atom. The highest BCUT2D eigenvalue weighted by atomic mass is 16.4. The van der Waals surface area contributed by atoms with Crippen LogP contribution in [0, 0.1) is 24.7 Å². The largest absolute Gasteiger partial charge is 0.481 e. The number of carboxylic acid groups (broad SMARTS) is 1. The molecule has 0 aliphatic heterocycles. The van der Waals surface area contributed by atoms with Crippen LogP contribution in [0.2, 0.25) is 0 Å². The van der Waals surface area contributed by atoms with E-state index in [9.17, 15) is 19.5 Å². The Morgan fingerprint density at radius 2 is 1.81 bits per heavy atom. The number of nitrogens with one attached hydrogen (secondary N) is 2. The SMILES string of the molecule is Cc1cc(C(=O)NCC(C)C)ccc1NC(=O)[C@@H]1CC=CC[C@H]1C(=O)O. The highest BCUT2D eigenvalue weighted by molar-refractivity contribution is 5.98. The average Bonchev–Trinajstić information content (AvgIpc) is 2.61. The predicted octanol–water partition coefficient (Wildman–Crippen LogP) is 2.99. The lowest BCUT2D eigenvalue weighted by Crippen LogP contribution is -2.34. The standard InChI is InChI=1S/C20H26N2O4/c1-12(2)11-21-18(23)14-8-9-17(13(3)10-14)22-19(24)15-6-4-5-7-16(15)20(25)26/h4-5,8-10,12,15-16H,6-7,11H2,1-3H3,(H,21,23)(H,22,24)(H,25,26)/t15-,16-/m1/s1. The molecule has 1 aliphatic carbocycles. The molecule has 0 aromatic heterocycles. The number of hydrogen-bond acceptors (Lipinski definition) is 3. The van der Waals surface area contributed by atoms with Gasteiger partial charge in [-0.2, -0.15) is 0 Å². The average molecular weight is 358 g/mol. The second-order valence-corrected chi connectivity index (χ2v) is 7.12. The molecule has 6 heteroatoms. The van der Waals surface area contributed by atoms with E-state index in [4.69, 9.17) is 0 Å². The molecule has 140 valence electrons. The maximum Gasteiger partial charge on any atom is 0.307 e. The van der Waals surface area contributed by atoms with Crippen LogP contribution < -0.4 is 10.6 Å². The Labute approximate surface area is 153 Å². The van der Waals surface area contributed by atoms with Crippen molar-refractivity contribution in [1.82, 2.24) is 5.32 Å². The van der Waals surface area contributed by atoms with E-state index in [1.165, 1.54) is 0 Å². The summed E-state index contributed by atoms with van der Waals surface area (Å²) < 4.78 is 0. The number of aliphatic carboxylic acids is 1. The van der Waals surface area contributed by atoms with Crippen LogP contribution in [0.3, 0.4) is 0 Å². The molecular formula is C20H26N2O4. The van der Waals surface area contributed by atoms with Crippen LogP contribution in [0.15, 0.2) is 30.4 Å². The van der Waals surface area contributed by atoms with Gasteiger partial charge in [-0.25, -0.2) is 0 Å². The van der Waals surface area contributed by atoms with Gasteiger partial charge in [0, 0.05) is 17.8 Å². The molecule has 0 bridgehead atoms. The molecular weight excluding hydrogens is 332 g/mol. The summed E-state index contributed by atoms with van der Waals surface area (Å²) in [4.78, 5) is 36.0. The van der Waals surface area contributed by atoms with Crippen molar-refractivity contribution in [3.63, 3.8) is 0 Å². The fourth-order valence-electron chi connectivity index (χ4n) is 2.95. The monoisotopic (exact) mass is 358 g/mol. The van der Waals surface area contributed by atoms with Crippen LogP contribution in [0.25, 0.3) is 0 Å². The van der Waals surface area contributed by atoms with E-state index < -0.39 is 17.8 Å². The molecule has 0 heterocycles. The van der Waals surface area contributed by atoms with Gasteiger partial charge in [-0.3, -0.25) is 14.4 Å². The van der Waals surface area contributed by atoms with Crippen LogP contribution in [0.1, 0.15) is 42.6 Å². The molecule has 1 aliphatic rings. The molecule has 2 amide bonds. The van der Waals surface area contributed by atoms with E-state index in [0.717, 1.165) is 5.56 Å². The second kappa shape index (κ2) is 8.65. The summed E-state index contributed by atoms with van der Waals surface area (Å²) in [7, 11) is 0. The number of carbonyl (C=O) groups is 3. The van der Waals surface area contributed by atoms with Gasteiger partial charge in [0.15, 0.2) is 0 Å². The first kappa shape index (κ1) is 19.7. The summed E-state index contributed by atoms with van der Waals surface area (Å²) in [6.07, 6.45) is 4.43. The van der Waals surface area contributed by atoms with Crippen molar-refractivity contribution in [2.45, 2.75) is 33.6 Å². The van der Waals surface area contributed by atoms with E-state index in [1.54, 1.807) is 24.3 Å². The number of carboxylic acids is 1. The summed E-state index contributed by atoms with van der Waals surface area (Å²) >= 11 is 0. The lowest BCUT2D eigenvalue weighted by Gasteiger charge is -2.24. The molecule has 0 spiro atoms. The Balaban J connectivity index is 2.07. The van der Waals surface area contributed by atoms with Crippen molar-refractivity contribution in [1.29, 1.82) is 0 Å². The minimum atomic E-state index is -0.955. The molecule has 0 radical (unpaired) electrons. The third-order valence-corrected chi connectivity index (χ3v) is 4.50. The summed E-state index contributed by atoms with van der Waals surface area (Å²) in [6, 6.07) is 5.07. The summed E-state index contributed by atoms with van der Waals surface area (Å²) in [5, 5.41) is 15.0. The quantitative estimate of drug-likeness (QED) is 0.681. The van der Waals surface area contributed by atoms with Crippen LogP contribution in [0.4, 0.5) is 5.69 Å². The first-order chi connectivity index (χ1) is 12.3. The van der Waals surface area contributed by atoms with Gasteiger partial charge in [-0.05, 0) is 49.4 Å². The van der Waals surface area contributed by atoms with Gasteiger partial charge in [0.1, 0.15) is 0 Å². The van der Waals surface area contributed by atoms with Crippen LogP contribution in [0.5, 0.6) is 0 Å². The van der Waals surface area contributed by atoms with E-state index >= 15 is 0 Å². The zero-order chi connectivity index (χ0) is 19.3. The van der Waals surface area contributed by atoms with Crippen molar-refractivity contribution in [3.8, 4) is 0 Å². The maximum atomic E-state index is 12.5. The Bertz CT molecular complexity index is 725. The minimum absolute atomic E-state index is 0.150. The minimum Gasteiger partial charge on any atom is -0.481 e. The number of hydrogen-bond donors (Lipinski definition) is 3. The fraction of sp³-hybridized carbons (Fsp3) is 0.450. The Morgan fingerprint density at radius 1 is 1.15 bits per heavy atom. The zero-order valence-corrected chi connectivity index (χ0v) is 15.4. The van der Waals surface area contributed by atoms with Gasteiger partial charge in [0.2, 0.25) is 5.91 Å². The van der Waals surface area contributed by atoms with E-state index in [-0.39, 0.29) is 11.8 Å². The number of benzene rings is 1. The Kier molecular flexibility index (Phi) is 6.55. The van der Waals surface area contributed by atoms with Crippen molar-refractivity contribution in [2.75, 3.05) is 11.9 Å². The normalized spacial score (nSPS) is 19.2. The second-order valence-electron chi connectivity index (χ2n) is 7.12. The third-order valence-electron chi connectivity index (χ3n) is 4.50. The summed E-state index contributed by atoms with van der Waals surface area (Å²) in [5.74, 6) is -2.34. The number of carbonyl (C=O) groups excluding carboxylic acids is 2. The van der Waals surface area contributed by atoms with E-state index in [2.05, 4.69) is 10.6 Å². The molecule has 0 saturated heterocycles. The third kappa shape index (κ3) is 4.94. The molecule has 2 rings (SSSR count). The van der Waals surface area contributed by atoms with Gasteiger partial charge in [0.05, 0.1) is 11.8 Å². The lowest BCUT2D eigenvalue weighted by atomic mass is 9.82. The first-order valence-electron chi connectivity index (χ1n) is 8.87. The number of amides is 2. The molecule has 1 aromatic carbocycles.